The van der Waals surface area contributed by atoms with Gasteiger partial charge in [-0.3, -0.25) is 0 Å². The van der Waals surface area contributed by atoms with Crippen molar-refractivity contribution in [1.29, 1.82) is 0 Å². The number of halogens is 4. The summed E-state index contributed by atoms with van der Waals surface area (Å²) < 4.78 is 40.9. The van der Waals surface area contributed by atoms with Crippen LogP contribution in [-0.2, 0) is 0 Å². The Balaban J connectivity index is 0.00000242. The Morgan fingerprint density at radius 2 is 2.00 bits per heavy atom. The lowest BCUT2D eigenvalue weighted by Gasteiger charge is -2.41. The highest BCUT2D eigenvalue weighted by Gasteiger charge is 2.38. The Morgan fingerprint density at radius 3 is 2.50 bits per heavy atom. The summed E-state index contributed by atoms with van der Waals surface area (Å²) in [6.07, 6.45) is -2.77. The first-order valence-electron chi connectivity index (χ1n) is 6.62. The molecule has 0 aliphatic heterocycles. The SMILES string of the molecule is CC1(C)CCC1N=C(N)Nc1ccccc1OC(F)(F)F.I. The normalized spacial score (nSPS) is 20.6. The van der Waals surface area contributed by atoms with Crippen LogP contribution in [0.1, 0.15) is 26.7 Å². The van der Waals surface area contributed by atoms with E-state index >= 15 is 0 Å². The molecule has 2 rings (SSSR count). The first-order chi connectivity index (χ1) is 9.67. The Kier molecular flexibility index (Phi) is 5.94. The Hall–Kier alpha value is -1.19. The van der Waals surface area contributed by atoms with Crippen LogP contribution in [-0.4, -0.2) is 18.4 Å². The summed E-state index contributed by atoms with van der Waals surface area (Å²) in [5, 5.41) is 2.67. The summed E-state index contributed by atoms with van der Waals surface area (Å²) in [6, 6.07) is 5.80. The zero-order chi connectivity index (χ0) is 15.7. The van der Waals surface area contributed by atoms with Crippen molar-refractivity contribution in [3.05, 3.63) is 24.3 Å². The fraction of sp³-hybridized carbons (Fsp3) is 0.500. The molecule has 3 N–H and O–H groups in total. The van der Waals surface area contributed by atoms with E-state index in [2.05, 4.69) is 28.9 Å². The number of ether oxygens (including phenoxy) is 1. The molecule has 0 saturated heterocycles. The van der Waals surface area contributed by atoms with Crippen molar-refractivity contribution in [2.75, 3.05) is 5.32 Å². The van der Waals surface area contributed by atoms with Gasteiger partial charge in [0.15, 0.2) is 11.7 Å². The van der Waals surface area contributed by atoms with Crippen LogP contribution in [0.2, 0.25) is 0 Å². The highest BCUT2D eigenvalue weighted by Crippen LogP contribution is 2.42. The summed E-state index contributed by atoms with van der Waals surface area (Å²) in [5.41, 5.74) is 5.98. The highest BCUT2D eigenvalue weighted by atomic mass is 127. The summed E-state index contributed by atoms with van der Waals surface area (Å²) in [5.74, 6) is -0.248. The van der Waals surface area contributed by atoms with Crippen LogP contribution < -0.4 is 15.8 Å². The van der Waals surface area contributed by atoms with Gasteiger partial charge >= 0.3 is 6.36 Å². The second-order valence-corrected chi connectivity index (χ2v) is 5.73. The lowest BCUT2D eigenvalue weighted by molar-refractivity contribution is -0.274. The van der Waals surface area contributed by atoms with Crippen LogP contribution in [0.5, 0.6) is 5.75 Å². The molecule has 124 valence electrons. The smallest absolute Gasteiger partial charge is 0.404 e. The molecular weight excluding hydrogens is 410 g/mol. The number of anilines is 1. The van der Waals surface area contributed by atoms with E-state index in [1.165, 1.54) is 18.2 Å². The average molecular weight is 429 g/mol. The van der Waals surface area contributed by atoms with Gasteiger partial charge in [0.25, 0.3) is 0 Å². The number of para-hydroxylation sites is 2. The summed E-state index contributed by atoms with van der Waals surface area (Å²) in [4.78, 5) is 4.31. The molecule has 0 aromatic heterocycles. The predicted octanol–water partition coefficient (Wildman–Crippen LogP) is 4.12. The fourth-order valence-electron chi connectivity index (χ4n) is 2.21. The molecule has 1 atom stereocenters. The molecule has 0 heterocycles. The number of aliphatic imine (C=N–C) groups is 1. The summed E-state index contributed by atoms with van der Waals surface area (Å²) in [6.45, 7) is 4.16. The highest BCUT2D eigenvalue weighted by molar-refractivity contribution is 14.0. The van der Waals surface area contributed by atoms with Crippen molar-refractivity contribution in [2.45, 2.75) is 39.1 Å². The quantitative estimate of drug-likeness (QED) is 0.432. The summed E-state index contributed by atoms with van der Waals surface area (Å²) in [7, 11) is 0. The third-order valence-electron chi connectivity index (χ3n) is 3.63. The number of hydrogen-bond donors (Lipinski definition) is 2. The first kappa shape index (κ1) is 18.9. The van der Waals surface area contributed by atoms with E-state index in [0.717, 1.165) is 12.8 Å². The van der Waals surface area contributed by atoms with Crippen molar-refractivity contribution in [3.63, 3.8) is 0 Å². The van der Waals surface area contributed by atoms with Crippen LogP contribution in [0.15, 0.2) is 29.3 Å². The van der Waals surface area contributed by atoms with Gasteiger partial charge in [-0.05, 0) is 30.4 Å². The van der Waals surface area contributed by atoms with Gasteiger partial charge in [0.2, 0.25) is 0 Å². The van der Waals surface area contributed by atoms with Gasteiger partial charge in [-0.25, -0.2) is 4.99 Å². The number of nitrogens with one attached hydrogen (secondary N) is 1. The van der Waals surface area contributed by atoms with E-state index in [1.54, 1.807) is 6.07 Å². The van der Waals surface area contributed by atoms with E-state index in [-0.39, 0.29) is 52.8 Å². The number of rotatable bonds is 3. The summed E-state index contributed by atoms with van der Waals surface area (Å²) >= 11 is 0. The minimum Gasteiger partial charge on any atom is -0.404 e. The van der Waals surface area contributed by atoms with Crippen LogP contribution in [0.3, 0.4) is 0 Å². The van der Waals surface area contributed by atoms with E-state index in [1.807, 2.05) is 0 Å². The molecule has 4 nitrogen and oxygen atoms in total. The number of nitrogens with zero attached hydrogens (tertiary/aromatic N) is 1. The molecule has 22 heavy (non-hydrogen) atoms. The molecule has 1 aliphatic rings. The zero-order valence-electron chi connectivity index (χ0n) is 12.3. The fourth-order valence-corrected chi connectivity index (χ4v) is 2.21. The molecular formula is C14H19F3IN3O. The van der Waals surface area contributed by atoms with Gasteiger partial charge in [0.1, 0.15) is 0 Å². The van der Waals surface area contributed by atoms with Crippen molar-refractivity contribution < 1.29 is 17.9 Å². The molecule has 1 saturated carbocycles. The number of benzene rings is 1. The lowest BCUT2D eigenvalue weighted by atomic mass is 9.68. The molecule has 0 spiro atoms. The third-order valence-corrected chi connectivity index (χ3v) is 3.63. The number of hydrogen-bond acceptors (Lipinski definition) is 2. The van der Waals surface area contributed by atoms with E-state index < -0.39 is 6.36 Å². The van der Waals surface area contributed by atoms with Crippen LogP contribution in [0.4, 0.5) is 18.9 Å². The van der Waals surface area contributed by atoms with E-state index in [9.17, 15) is 13.2 Å². The number of alkyl halides is 3. The van der Waals surface area contributed by atoms with Gasteiger partial charge in [-0.15, -0.1) is 37.1 Å². The van der Waals surface area contributed by atoms with Gasteiger partial charge in [0, 0.05) is 0 Å². The molecule has 0 radical (unpaired) electrons. The molecule has 1 fully saturated rings. The van der Waals surface area contributed by atoms with Crippen molar-refractivity contribution in [3.8, 4) is 5.75 Å². The first-order valence-corrected chi connectivity index (χ1v) is 6.62. The van der Waals surface area contributed by atoms with Gasteiger partial charge < -0.3 is 15.8 Å². The van der Waals surface area contributed by atoms with Crippen molar-refractivity contribution in [1.82, 2.24) is 0 Å². The van der Waals surface area contributed by atoms with Crippen LogP contribution >= 0.6 is 24.0 Å². The monoisotopic (exact) mass is 429 g/mol. The molecule has 0 bridgehead atoms. The Bertz CT molecular complexity index is 546. The second kappa shape index (κ2) is 6.93. The molecule has 8 heteroatoms. The average Bonchev–Trinajstić information content (AvgIpc) is 2.35. The number of nitrogens with two attached hydrogens (primary N) is 1. The third kappa shape index (κ3) is 4.92. The van der Waals surface area contributed by atoms with Crippen LogP contribution in [0.25, 0.3) is 0 Å². The molecule has 0 amide bonds. The maximum absolute atomic E-state index is 12.3. The van der Waals surface area contributed by atoms with Crippen molar-refractivity contribution in [2.24, 2.45) is 16.1 Å². The van der Waals surface area contributed by atoms with Crippen LogP contribution in [0, 0.1) is 5.41 Å². The van der Waals surface area contributed by atoms with E-state index in [4.69, 9.17) is 5.73 Å². The minimum atomic E-state index is -4.75. The zero-order valence-corrected chi connectivity index (χ0v) is 14.6. The Morgan fingerprint density at radius 1 is 1.36 bits per heavy atom. The molecule has 1 aliphatic carbocycles. The minimum absolute atomic E-state index is 0. The second-order valence-electron chi connectivity index (χ2n) is 5.73. The van der Waals surface area contributed by atoms with E-state index in [0.29, 0.717) is 0 Å². The van der Waals surface area contributed by atoms with Gasteiger partial charge in [-0.1, -0.05) is 26.0 Å². The lowest BCUT2D eigenvalue weighted by Crippen LogP contribution is -2.40. The number of guanidine groups is 1. The largest absolute Gasteiger partial charge is 0.573 e. The Labute approximate surface area is 144 Å². The maximum Gasteiger partial charge on any atom is 0.573 e. The van der Waals surface area contributed by atoms with Gasteiger partial charge in [-0.2, -0.15) is 0 Å². The molecule has 1 unspecified atom stereocenters. The van der Waals surface area contributed by atoms with Crippen molar-refractivity contribution >= 4 is 35.6 Å². The molecule has 1 aromatic carbocycles. The predicted molar refractivity (Wildman–Crippen MR) is 90.6 cm³/mol. The topological polar surface area (TPSA) is 59.6 Å². The maximum atomic E-state index is 12.3. The molecule has 1 aromatic rings. The van der Waals surface area contributed by atoms with Gasteiger partial charge in [0.05, 0.1) is 11.7 Å². The standard InChI is InChI=1S/C14H18F3N3O.HI/c1-13(2)8-7-11(13)20-12(18)19-9-5-3-4-6-10(9)21-14(15,16)17;/h3-6,11H,7-8H2,1-2H3,(H3,18,19,20);1H.